The van der Waals surface area contributed by atoms with Gasteiger partial charge in [-0.2, -0.15) is 0 Å². The maximum Gasteiger partial charge on any atom is 0.251 e. The van der Waals surface area contributed by atoms with Crippen LogP contribution in [-0.4, -0.2) is 42.5 Å². The molecule has 6 heteroatoms. The van der Waals surface area contributed by atoms with Crippen LogP contribution in [0.15, 0.2) is 48.5 Å². The van der Waals surface area contributed by atoms with E-state index >= 15 is 0 Å². The molecule has 2 aromatic carbocycles. The number of hydrogen-bond donors (Lipinski definition) is 1. The third-order valence-electron chi connectivity index (χ3n) is 4.95. The van der Waals surface area contributed by atoms with Crippen molar-refractivity contribution < 1.29 is 14.3 Å². The molecule has 2 aromatic rings. The number of amides is 2. The molecule has 1 heterocycles. The lowest BCUT2D eigenvalue weighted by Gasteiger charge is -2.32. The SMILES string of the molecule is Cc1ccccc1C(=O)NC1CCN(C(=O)CCOc2cccc(Cl)c2)CC1. The summed E-state index contributed by atoms with van der Waals surface area (Å²) in [6.07, 6.45) is 1.85. The average Bonchev–Trinajstić information content (AvgIpc) is 2.69. The van der Waals surface area contributed by atoms with E-state index in [1.54, 1.807) is 12.1 Å². The predicted octanol–water partition coefficient (Wildman–Crippen LogP) is 3.84. The Morgan fingerprint density at radius 2 is 1.89 bits per heavy atom. The van der Waals surface area contributed by atoms with Crippen molar-refractivity contribution >= 4 is 23.4 Å². The molecule has 0 atom stereocenters. The Kier molecular flexibility index (Phi) is 6.93. The fourth-order valence-electron chi connectivity index (χ4n) is 3.34. The molecule has 0 bridgehead atoms. The fourth-order valence-corrected chi connectivity index (χ4v) is 3.52. The summed E-state index contributed by atoms with van der Waals surface area (Å²) in [7, 11) is 0. The molecule has 28 heavy (non-hydrogen) atoms. The first-order valence-corrected chi connectivity index (χ1v) is 9.93. The Labute approximate surface area is 170 Å². The van der Waals surface area contributed by atoms with Gasteiger partial charge in [-0.05, 0) is 49.6 Å². The standard InChI is InChI=1S/C22H25ClN2O3/c1-16-5-2-3-8-20(16)22(27)24-18-9-12-25(13-10-18)21(26)11-14-28-19-7-4-6-17(23)15-19/h2-8,15,18H,9-14H2,1H3,(H,24,27). The minimum atomic E-state index is -0.0437. The van der Waals surface area contributed by atoms with Gasteiger partial charge in [-0.15, -0.1) is 0 Å². The molecule has 0 unspecified atom stereocenters. The lowest BCUT2D eigenvalue weighted by atomic mass is 10.0. The number of carbonyl (C=O) groups is 2. The number of nitrogens with zero attached hydrogens (tertiary/aromatic N) is 1. The zero-order valence-electron chi connectivity index (χ0n) is 16.0. The molecule has 1 saturated heterocycles. The maximum atomic E-state index is 12.4. The molecule has 0 aromatic heterocycles. The summed E-state index contributed by atoms with van der Waals surface area (Å²) < 4.78 is 5.59. The van der Waals surface area contributed by atoms with E-state index in [2.05, 4.69) is 5.32 Å². The first kappa shape index (κ1) is 20.2. The van der Waals surface area contributed by atoms with E-state index in [0.717, 1.165) is 18.4 Å². The molecule has 2 amide bonds. The number of aryl methyl sites for hydroxylation is 1. The van der Waals surface area contributed by atoms with Crippen molar-refractivity contribution in [1.82, 2.24) is 10.2 Å². The second-order valence-corrected chi connectivity index (χ2v) is 7.44. The van der Waals surface area contributed by atoms with E-state index in [0.29, 0.717) is 42.5 Å². The second-order valence-electron chi connectivity index (χ2n) is 7.00. The molecule has 1 aliphatic heterocycles. The highest BCUT2D eigenvalue weighted by Gasteiger charge is 2.24. The summed E-state index contributed by atoms with van der Waals surface area (Å²) in [5.41, 5.74) is 1.67. The third-order valence-corrected chi connectivity index (χ3v) is 5.19. The minimum absolute atomic E-state index is 0.0437. The van der Waals surface area contributed by atoms with Crippen LogP contribution in [0.3, 0.4) is 0 Å². The van der Waals surface area contributed by atoms with Crippen molar-refractivity contribution in [2.45, 2.75) is 32.2 Å². The van der Waals surface area contributed by atoms with Crippen molar-refractivity contribution in [2.24, 2.45) is 0 Å². The summed E-state index contributed by atoms with van der Waals surface area (Å²) in [6.45, 7) is 3.55. The van der Waals surface area contributed by atoms with Crippen LogP contribution in [0.2, 0.25) is 5.02 Å². The summed E-state index contributed by atoms with van der Waals surface area (Å²) >= 11 is 5.92. The van der Waals surface area contributed by atoms with Crippen LogP contribution in [0, 0.1) is 6.92 Å². The highest BCUT2D eigenvalue weighted by atomic mass is 35.5. The number of nitrogens with one attached hydrogen (secondary N) is 1. The number of carbonyl (C=O) groups excluding carboxylic acids is 2. The third kappa shape index (κ3) is 5.49. The van der Waals surface area contributed by atoms with Gasteiger partial charge in [0.05, 0.1) is 13.0 Å². The van der Waals surface area contributed by atoms with Crippen LogP contribution in [0.4, 0.5) is 0 Å². The molecule has 1 aliphatic rings. The Balaban J connectivity index is 1.40. The summed E-state index contributed by atoms with van der Waals surface area (Å²) in [5.74, 6) is 0.696. The molecule has 0 saturated carbocycles. The van der Waals surface area contributed by atoms with Gasteiger partial charge in [0.2, 0.25) is 5.91 Å². The van der Waals surface area contributed by atoms with E-state index in [1.165, 1.54) is 0 Å². The highest BCUT2D eigenvalue weighted by molar-refractivity contribution is 6.30. The number of piperidine rings is 1. The van der Waals surface area contributed by atoms with Crippen molar-refractivity contribution in [1.29, 1.82) is 0 Å². The molecule has 0 aliphatic carbocycles. The Hall–Kier alpha value is -2.53. The number of likely N-dealkylation sites (tertiary alicyclic amines) is 1. The summed E-state index contributed by atoms with van der Waals surface area (Å²) in [5, 5.41) is 3.70. The lowest BCUT2D eigenvalue weighted by molar-refractivity contribution is -0.132. The maximum absolute atomic E-state index is 12.4. The molecule has 148 valence electrons. The molecule has 0 radical (unpaired) electrons. The van der Waals surface area contributed by atoms with Gasteiger partial charge in [0.15, 0.2) is 0 Å². The Bertz CT molecular complexity index is 832. The van der Waals surface area contributed by atoms with Gasteiger partial charge in [-0.25, -0.2) is 0 Å². The van der Waals surface area contributed by atoms with Gasteiger partial charge in [0.1, 0.15) is 5.75 Å². The molecular formula is C22H25ClN2O3. The number of rotatable bonds is 6. The molecule has 0 spiro atoms. The van der Waals surface area contributed by atoms with Gasteiger partial charge in [-0.1, -0.05) is 35.9 Å². The first-order chi connectivity index (χ1) is 13.5. The van der Waals surface area contributed by atoms with Gasteiger partial charge >= 0.3 is 0 Å². The number of halogens is 1. The summed E-state index contributed by atoms with van der Waals surface area (Å²) in [6, 6.07) is 14.8. The Morgan fingerprint density at radius 3 is 2.61 bits per heavy atom. The number of ether oxygens (including phenoxy) is 1. The van der Waals surface area contributed by atoms with E-state index in [4.69, 9.17) is 16.3 Å². The van der Waals surface area contributed by atoms with Crippen molar-refractivity contribution in [3.05, 3.63) is 64.7 Å². The zero-order valence-corrected chi connectivity index (χ0v) is 16.7. The normalized spacial score (nSPS) is 14.6. The molecule has 1 N–H and O–H groups in total. The van der Waals surface area contributed by atoms with Gasteiger partial charge < -0.3 is 15.0 Å². The highest BCUT2D eigenvalue weighted by Crippen LogP contribution is 2.18. The van der Waals surface area contributed by atoms with E-state index in [9.17, 15) is 9.59 Å². The molecular weight excluding hydrogens is 376 g/mol. The Morgan fingerprint density at radius 1 is 1.14 bits per heavy atom. The van der Waals surface area contributed by atoms with Gasteiger partial charge in [-0.3, -0.25) is 9.59 Å². The minimum Gasteiger partial charge on any atom is -0.493 e. The van der Waals surface area contributed by atoms with Gasteiger partial charge in [0.25, 0.3) is 5.91 Å². The van der Waals surface area contributed by atoms with E-state index in [1.807, 2.05) is 48.2 Å². The largest absolute Gasteiger partial charge is 0.493 e. The van der Waals surface area contributed by atoms with Crippen molar-refractivity contribution in [3.8, 4) is 5.75 Å². The van der Waals surface area contributed by atoms with Gasteiger partial charge in [0, 0.05) is 29.7 Å². The monoisotopic (exact) mass is 400 g/mol. The van der Waals surface area contributed by atoms with Crippen LogP contribution in [0.1, 0.15) is 35.2 Å². The van der Waals surface area contributed by atoms with Crippen LogP contribution in [-0.2, 0) is 4.79 Å². The lowest BCUT2D eigenvalue weighted by Crippen LogP contribution is -2.46. The van der Waals surface area contributed by atoms with Crippen LogP contribution in [0.25, 0.3) is 0 Å². The van der Waals surface area contributed by atoms with E-state index < -0.39 is 0 Å². The molecule has 5 nitrogen and oxygen atoms in total. The number of benzene rings is 2. The van der Waals surface area contributed by atoms with Crippen LogP contribution in [0.5, 0.6) is 5.75 Å². The summed E-state index contributed by atoms with van der Waals surface area (Å²) in [4.78, 5) is 26.7. The topological polar surface area (TPSA) is 58.6 Å². The van der Waals surface area contributed by atoms with Crippen molar-refractivity contribution in [2.75, 3.05) is 19.7 Å². The molecule has 1 fully saturated rings. The van der Waals surface area contributed by atoms with Crippen LogP contribution < -0.4 is 10.1 Å². The predicted molar refractivity (Wildman–Crippen MR) is 110 cm³/mol. The zero-order chi connectivity index (χ0) is 19.9. The van der Waals surface area contributed by atoms with Crippen molar-refractivity contribution in [3.63, 3.8) is 0 Å². The van der Waals surface area contributed by atoms with E-state index in [-0.39, 0.29) is 17.9 Å². The molecule has 3 rings (SSSR count). The van der Waals surface area contributed by atoms with Crippen LogP contribution >= 0.6 is 11.6 Å². The average molecular weight is 401 g/mol. The second kappa shape index (κ2) is 9.60. The fraction of sp³-hybridized carbons (Fsp3) is 0.364. The quantitative estimate of drug-likeness (QED) is 0.801. The first-order valence-electron chi connectivity index (χ1n) is 9.55. The smallest absolute Gasteiger partial charge is 0.251 e. The number of hydrogen-bond acceptors (Lipinski definition) is 3.